The fourth-order valence-electron chi connectivity index (χ4n) is 2.14. The quantitative estimate of drug-likeness (QED) is 0.723. The van der Waals surface area contributed by atoms with Crippen LogP contribution in [0.25, 0.3) is 0 Å². The molecule has 0 N–H and O–H groups in total. The Morgan fingerprint density at radius 2 is 2.12 bits per heavy atom. The summed E-state index contributed by atoms with van der Waals surface area (Å²) in [6.45, 7) is 3.60. The van der Waals surface area contributed by atoms with Crippen molar-refractivity contribution in [1.82, 2.24) is 4.90 Å². The molecule has 2 nitrogen and oxygen atoms in total. The fourth-order valence-corrected chi connectivity index (χ4v) is 2.14. The molecule has 0 saturated carbocycles. The number of hydrogen-bond donors (Lipinski definition) is 0. The smallest absolute Gasteiger partial charge is 0.154 e. The molecular weight excluding hydrogens is 198 g/mol. The molecule has 0 aromatic heterocycles. The summed E-state index contributed by atoms with van der Waals surface area (Å²) in [5.41, 5.74) is 2.50. The highest BCUT2D eigenvalue weighted by atomic mass is 16.1. The van der Waals surface area contributed by atoms with Gasteiger partial charge < -0.3 is 4.90 Å². The lowest BCUT2D eigenvalue weighted by atomic mass is 10.2. The third-order valence-corrected chi connectivity index (χ3v) is 2.85. The van der Waals surface area contributed by atoms with Crippen LogP contribution < -0.4 is 0 Å². The molecule has 16 heavy (non-hydrogen) atoms. The van der Waals surface area contributed by atoms with Crippen molar-refractivity contribution < 1.29 is 4.79 Å². The number of likely N-dealkylation sites (tertiary alicyclic amines) is 1. The van der Waals surface area contributed by atoms with E-state index < -0.39 is 0 Å². The molecule has 2 heteroatoms. The predicted molar refractivity (Wildman–Crippen MR) is 64.9 cm³/mol. The van der Waals surface area contributed by atoms with E-state index in [1.54, 1.807) is 13.0 Å². The fraction of sp³-hybridized carbons (Fsp3) is 0.357. The third kappa shape index (κ3) is 2.72. The second-order valence-electron chi connectivity index (χ2n) is 4.26. The predicted octanol–water partition coefficient (Wildman–Crippen LogP) is 2.76. The van der Waals surface area contributed by atoms with E-state index in [4.69, 9.17) is 0 Å². The maximum absolute atomic E-state index is 11.1. The average Bonchev–Trinajstić information content (AvgIpc) is 2.66. The molecule has 1 aliphatic rings. The van der Waals surface area contributed by atoms with E-state index in [9.17, 15) is 4.79 Å². The van der Waals surface area contributed by atoms with Gasteiger partial charge in [0.1, 0.15) is 0 Å². The zero-order valence-electron chi connectivity index (χ0n) is 9.65. The highest BCUT2D eigenvalue weighted by Gasteiger charge is 2.17. The van der Waals surface area contributed by atoms with Gasteiger partial charge in [0.05, 0.1) is 0 Å². The Hall–Kier alpha value is -1.57. The second-order valence-corrected chi connectivity index (χ2v) is 4.26. The van der Waals surface area contributed by atoms with Crippen LogP contribution in [-0.4, -0.2) is 17.2 Å². The minimum Gasteiger partial charge on any atom is -0.370 e. The normalized spacial score (nSPS) is 18.1. The van der Waals surface area contributed by atoms with Crippen LogP contribution in [-0.2, 0) is 11.3 Å². The van der Waals surface area contributed by atoms with Crippen LogP contribution in [0.1, 0.15) is 25.3 Å². The van der Waals surface area contributed by atoms with Crippen molar-refractivity contribution in [3.05, 3.63) is 47.7 Å². The van der Waals surface area contributed by atoms with Gasteiger partial charge in [-0.15, -0.1) is 0 Å². The zero-order chi connectivity index (χ0) is 11.4. The molecule has 0 unspecified atom stereocenters. The molecule has 1 heterocycles. The van der Waals surface area contributed by atoms with E-state index in [2.05, 4.69) is 29.2 Å². The van der Waals surface area contributed by atoms with Crippen molar-refractivity contribution in [3.8, 4) is 0 Å². The van der Waals surface area contributed by atoms with Gasteiger partial charge in [-0.05, 0) is 31.4 Å². The summed E-state index contributed by atoms with van der Waals surface area (Å²) < 4.78 is 0. The van der Waals surface area contributed by atoms with Crippen molar-refractivity contribution >= 4 is 5.78 Å². The molecule has 0 bridgehead atoms. The van der Waals surface area contributed by atoms with Crippen LogP contribution in [0.15, 0.2) is 42.1 Å². The molecule has 0 amide bonds. The summed E-state index contributed by atoms with van der Waals surface area (Å²) in [5.74, 6) is 0.148. The number of allylic oxidation sites excluding steroid dienone is 2. The van der Waals surface area contributed by atoms with Gasteiger partial charge in [0, 0.05) is 18.8 Å². The van der Waals surface area contributed by atoms with Gasteiger partial charge in [-0.3, -0.25) is 4.79 Å². The summed E-state index contributed by atoms with van der Waals surface area (Å²) in [7, 11) is 0. The summed E-state index contributed by atoms with van der Waals surface area (Å²) >= 11 is 0. The van der Waals surface area contributed by atoms with E-state index in [1.165, 1.54) is 11.3 Å². The zero-order valence-corrected chi connectivity index (χ0v) is 9.65. The number of hydrogen-bond acceptors (Lipinski definition) is 2. The van der Waals surface area contributed by atoms with Crippen LogP contribution in [0.5, 0.6) is 0 Å². The van der Waals surface area contributed by atoms with Gasteiger partial charge in [0.25, 0.3) is 0 Å². The molecule has 0 atom stereocenters. The number of nitrogens with zero attached hydrogens (tertiary/aromatic N) is 1. The molecule has 1 aromatic rings. The van der Waals surface area contributed by atoms with E-state index in [0.717, 1.165) is 25.9 Å². The lowest BCUT2D eigenvalue weighted by Crippen LogP contribution is -2.17. The topological polar surface area (TPSA) is 20.3 Å². The lowest BCUT2D eigenvalue weighted by Gasteiger charge is -2.19. The van der Waals surface area contributed by atoms with E-state index in [-0.39, 0.29) is 5.78 Å². The Kier molecular flexibility index (Phi) is 3.40. The minimum absolute atomic E-state index is 0.148. The molecule has 1 aromatic carbocycles. The van der Waals surface area contributed by atoms with Crippen molar-refractivity contribution in [1.29, 1.82) is 0 Å². The van der Waals surface area contributed by atoms with Crippen LogP contribution in [0.2, 0.25) is 0 Å². The Morgan fingerprint density at radius 1 is 1.38 bits per heavy atom. The second kappa shape index (κ2) is 4.97. The number of carbonyl (C=O) groups is 1. The van der Waals surface area contributed by atoms with Gasteiger partial charge in [-0.2, -0.15) is 0 Å². The molecule has 2 rings (SSSR count). The van der Waals surface area contributed by atoms with Gasteiger partial charge in [0.15, 0.2) is 5.78 Å². The average molecular weight is 215 g/mol. The standard InChI is InChI=1S/C14H17NO/c1-12(16)10-14-8-5-9-15(14)11-13-6-3-2-4-7-13/h2-4,6-7,10H,5,8-9,11H2,1H3/b14-10+. The Bertz CT molecular complexity index is 394. The highest BCUT2D eigenvalue weighted by molar-refractivity contribution is 5.87. The van der Waals surface area contributed by atoms with Crippen molar-refractivity contribution in [2.24, 2.45) is 0 Å². The molecule has 0 radical (unpaired) electrons. The Labute approximate surface area is 96.6 Å². The maximum Gasteiger partial charge on any atom is 0.154 e. The van der Waals surface area contributed by atoms with E-state index in [0.29, 0.717) is 0 Å². The maximum atomic E-state index is 11.1. The number of rotatable bonds is 3. The van der Waals surface area contributed by atoms with Crippen LogP contribution in [0, 0.1) is 0 Å². The molecule has 1 saturated heterocycles. The molecule has 0 aliphatic carbocycles. The van der Waals surface area contributed by atoms with Gasteiger partial charge in [-0.25, -0.2) is 0 Å². The third-order valence-electron chi connectivity index (χ3n) is 2.85. The summed E-state index contributed by atoms with van der Waals surface area (Å²) in [6.07, 6.45) is 3.97. The minimum atomic E-state index is 0.148. The van der Waals surface area contributed by atoms with Crippen LogP contribution >= 0.6 is 0 Å². The SMILES string of the molecule is CC(=O)/C=C1\CCCN1Cc1ccccc1. The first-order valence-corrected chi connectivity index (χ1v) is 5.76. The highest BCUT2D eigenvalue weighted by Crippen LogP contribution is 2.23. The van der Waals surface area contributed by atoms with Crippen LogP contribution in [0.4, 0.5) is 0 Å². The Balaban J connectivity index is 2.07. The van der Waals surface area contributed by atoms with Crippen molar-refractivity contribution in [3.63, 3.8) is 0 Å². The molecular formula is C14H17NO. The summed E-state index contributed by atoms with van der Waals surface area (Å²) in [6, 6.07) is 10.4. The molecule has 0 spiro atoms. The first kappa shape index (κ1) is 10.9. The van der Waals surface area contributed by atoms with E-state index >= 15 is 0 Å². The molecule has 1 aliphatic heterocycles. The number of carbonyl (C=O) groups excluding carboxylic acids is 1. The van der Waals surface area contributed by atoms with Gasteiger partial charge in [-0.1, -0.05) is 30.3 Å². The molecule has 84 valence electrons. The monoisotopic (exact) mass is 215 g/mol. The summed E-state index contributed by atoms with van der Waals surface area (Å²) in [5, 5.41) is 0. The Morgan fingerprint density at radius 3 is 2.81 bits per heavy atom. The van der Waals surface area contributed by atoms with Crippen LogP contribution in [0.3, 0.4) is 0 Å². The first-order chi connectivity index (χ1) is 7.75. The summed E-state index contributed by atoms with van der Waals surface area (Å²) in [4.78, 5) is 13.4. The number of ketones is 1. The lowest BCUT2D eigenvalue weighted by molar-refractivity contribution is -0.112. The van der Waals surface area contributed by atoms with E-state index in [1.807, 2.05) is 6.07 Å². The van der Waals surface area contributed by atoms with Crippen molar-refractivity contribution in [2.75, 3.05) is 6.54 Å². The number of benzene rings is 1. The first-order valence-electron chi connectivity index (χ1n) is 5.76. The largest absolute Gasteiger partial charge is 0.370 e. The molecule has 1 fully saturated rings. The van der Waals surface area contributed by atoms with Gasteiger partial charge in [0.2, 0.25) is 0 Å². The van der Waals surface area contributed by atoms with Crippen molar-refractivity contribution in [2.45, 2.75) is 26.3 Å². The van der Waals surface area contributed by atoms with Gasteiger partial charge >= 0.3 is 0 Å².